The highest BCUT2D eigenvalue weighted by Crippen LogP contribution is 2.53. The quantitative estimate of drug-likeness (QED) is 0.205. The number of rotatable bonds is 2. The van der Waals surface area contributed by atoms with E-state index in [0.29, 0.717) is 0 Å². The highest BCUT2D eigenvalue weighted by molar-refractivity contribution is 7.25. The summed E-state index contributed by atoms with van der Waals surface area (Å²) in [7, 11) is 0. The molecule has 0 bridgehead atoms. The zero-order chi connectivity index (χ0) is 28.8. The molecule has 204 valence electrons. The maximum Gasteiger partial charge on any atom is 0.165 e. The molecule has 0 N–H and O–H groups in total. The number of hydrogen-bond acceptors (Lipinski definition) is 4. The summed E-state index contributed by atoms with van der Waals surface area (Å²) in [6, 6.07) is 50.0. The first-order chi connectivity index (χ1) is 21.8. The summed E-state index contributed by atoms with van der Waals surface area (Å²) in [5.41, 5.74) is 8.38. The molecule has 3 nitrogen and oxygen atoms in total. The van der Waals surface area contributed by atoms with Crippen LogP contribution in [-0.4, -0.2) is 9.97 Å². The summed E-state index contributed by atoms with van der Waals surface area (Å²) in [5, 5.41) is 7.44. The highest BCUT2D eigenvalue weighted by atomic mass is 32.1. The van der Waals surface area contributed by atoms with Gasteiger partial charge in [-0.15, -0.1) is 11.3 Å². The van der Waals surface area contributed by atoms with E-state index in [2.05, 4.69) is 132 Å². The van der Waals surface area contributed by atoms with Gasteiger partial charge in [0.15, 0.2) is 5.82 Å². The SMILES string of the molecule is c1ccc2cc3c(cc2c1)-c1cccc2cccc(c12)N3c1nc2ccccc2nc1-c1ccc2c(c1)sc1ccccc12. The summed E-state index contributed by atoms with van der Waals surface area (Å²) in [6.07, 6.45) is 0. The molecule has 2 aromatic heterocycles. The molecule has 0 saturated heterocycles. The van der Waals surface area contributed by atoms with Gasteiger partial charge in [-0.2, -0.15) is 0 Å². The van der Waals surface area contributed by atoms with Crippen molar-refractivity contribution < 1.29 is 0 Å². The van der Waals surface area contributed by atoms with Crippen LogP contribution in [0.4, 0.5) is 17.2 Å². The second kappa shape index (κ2) is 8.96. The molecule has 1 aliphatic rings. The van der Waals surface area contributed by atoms with Crippen LogP contribution in [0.25, 0.3) is 75.1 Å². The van der Waals surface area contributed by atoms with Crippen LogP contribution in [0.1, 0.15) is 0 Å². The normalized spacial score (nSPS) is 12.5. The molecule has 10 rings (SSSR count). The fourth-order valence-corrected chi connectivity index (χ4v) is 8.08. The molecule has 0 atom stereocenters. The predicted octanol–water partition coefficient (Wildman–Crippen LogP) is 11.4. The van der Waals surface area contributed by atoms with E-state index in [-0.39, 0.29) is 0 Å². The third-order valence-electron chi connectivity index (χ3n) is 8.93. The molecule has 1 aliphatic heterocycles. The van der Waals surface area contributed by atoms with Crippen LogP contribution in [-0.2, 0) is 0 Å². The van der Waals surface area contributed by atoms with Crippen molar-refractivity contribution in [2.45, 2.75) is 0 Å². The Kier molecular flexibility index (Phi) is 4.87. The van der Waals surface area contributed by atoms with E-state index in [0.717, 1.165) is 39.5 Å². The maximum atomic E-state index is 5.40. The molecule has 4 heteroatoms. The molecule has 44 heavy (non-hydrogen) atoms. The van der Waals surface area contributed by atoms with Crippen molar-refractivity contribution in [3.63, 3.8) is 0 Å². The average molecular weight is 578 g/mol. The van der Waals surface area contributed by atoms with Crippen LogP contribution < -0.4 is 4.90 Å². The van der Waals surface area contributed by atoms with Crippen molar-refractivity contribution in [1.82, 2.24) is 9.97 Å². The number of nitrogens with zero attached hydrogens (tertiary/aromatic N) is 3. The second-order valence-corrected chi connectivity index (χ2v) is 12.5. The van der Waals surface area contributed by atoms with Crippen molar-refractivity contribution in [2.75, 3.05) is 4.90 Å². The molecule has 0 aliphatic carbocycles. The lowest BCUT2D eigenvalue weighted by Crippen LogP contribution is -2.18. The summed E-state index contributed by atoms with van der Waals surface area (Å²) < 4.78 is 2.55. The van der Waals surface area contributed by atoms with Crippen molar-refractivity contribution in [3.8, 4) is 22.4 Å². The van der Waals surface area contributed by atoms with Crippen LogP contribution in [0, 0.1) is 0 Å². The first-order valence-electron chi connectivity index (χ1n) is 14.8. The Labute approximate surface area is 257 Å². The monoisotopic (exact) mass is 577 g/mol. The lowest BCUT2D eigenvalue weighted by Gasteiger charge is -2.34. The third kappa shape index (κ3) is 3.37. The van der Waals surface area contributed by atoms with Gasteiger partial charge in [0.2, 0.25) is 0 Å². The van der Waals surface area contributed by atoms with Crippen molar-refractivity contribution in [1.29, 1.82) is 0 Å². The fourth-order valence-electron chi connectivity index (χ4n) is 6.93. The van der Waals surface area contributed by atoms with Gasteiger partial charge in [0.05, 0.1) is 22.4 Å². The van der Waals surface area contributed by atoms with Gasteiger partial charge in [-0.05, 0) is 64.2 Å². The Morgan fingerprint density at radius 1 is 0.477 bits per heavy atom. The van der Waals surface area contributed by atoms with Crippen LogP contribution in [0.2, 0.25) is 0 Å². The van der Waals surface area contributed by atoms with Crippen LogP contribution in [0.5, 0.6) is 0 Å². The number of fused-ring (bicyclic) bond motifs is 7. The number of para-hydroxylation sites is 2. The maximum absolute atomic E-state index is 5.40. The Balaban J connectivity index is 1.32. The van der Waals surface area contributed by atoms with Crippen LogP contribution >= 0.6 is 11.3 Å². The average Bonchev–Trinajstić information content (AvgIpc) is 3.45. The summed E-state index contributed by atoms with van der Waals surface area (Å²) in [5.74, 6) is 0.836. The minimum Gasteiger partial charge on any atom is -0.292 e. The highest BCUT2D eigenvalue weighted by Gasteiger charge is 2.30. The zero-order valence-electron chi connectivity index (χ0n) is 23.5. The minimum absolute atomic E-state index is 0.836. The number of hydrogen-bond donors (Lipinski definition) is 0. The molecule has 0 saturated carbocycles. The van der Waals surface area contributed by atoms with E-state index < -0.39 is 0 Å². The van der Waals surface area contributed by atoms with E-state index in [9.17, 15) is 0 Å². The van der Waals surface area contributed by atoms with Crippen molar-refractivity contribution in [3.05, 3.63) is 140 Å². The topological polar surface area (TPSA) is 29.0 Å². The van der Waals surface area contributed by atoms with E-state index in [1.54, 1.807) is 0 Å². The van der Waals surface area contributed by atoms with Crippen LogP contribution in [0.3, 0.4) is 0 Å². The van der Waals surface area contributed by atoms with E-state index in [1.165, 1.54) is 52.8 Å². The molecule has 0 amide bonds. The van der Waals surface area contributed by atoms with Gasteiger partial charge in [-0.3, -0.25) is 4.90 Å². The number of aromatic nitrogens is 2. The standard InChI is InChI=1S/C40H23N3S/c1-2-10-26-22-35-31(21-25(26)9-1)30-14-7-11-24-12-8-17-34(38(24)30)43(35)40-39(41-32-15-4-5-16-33(32)42-40)27-19-20-29-28-13-3-6-18-36(28)44-37(29)23-27/h1-23H. The summed E-state index contributed by atoms with van der Waals surface area (Å²) in [4.78, 5) is 13.1. The van der Waals surface area contributed by atoms with Crippen molar-refractivity contribution in [2.24, 2.45) is 0 Å². The predicted molar refractivity (Wildman–Crippen MR) is 187 cm³/mol. The van der Waals surface area contributed by atoms with E-state index in [1.807, 2.05) is 23.5 Å². The lowest BCUT2D eigenvalue weighted by atomic mass is 9.89. The number of anilines is 3. The van der Waals surface area contributed by atoms with E-state index >= 15 is 0 Å². The van der Waals surface area contributed by atoms with Gasteiger partial charge in [0, 0.05) is 36.7 Å². The van der Waals surface area contributed by atoms with Gasteiger partial charge >= 0.3 is 0 Å². The molecule has 0 unspecified atom stereocenters. The van der Waals surface area contributed by atoms with Crippen molar-refractivity contribution >= 4 is 81.3 Å². The van der Waals surface area contributed by atoms with Gasteiger partial charge in [0.25, 0.3) is 0 Å². The Morgan fingerprint density at radius 2 is 1.18 bits per heavy atom. The minimum atomic E-state index is 0.836. The zero-order valence-corrected chi connectivity index (χ0v) is 24.3. The first kappa shape index (κ1) is 23.9. The fraction of sp³-hybridized carbons (Fsp3) is 0. The molecule has 0 radical (unpaired) electrons. The Bertz CT molecular complexity index is 2630. The van der Waals surface area contributed by atoms with E-state index in [4.69, 9.17) is 9.97 Å². The van der Waals surface area contributed by atoms with Gasteiger partial charge < -0.3 is 0 Å². The largest absolute Gasteiger partial charge is 0.292 e. The molecule has 9 aromatic rings. The first-order valence-corrected chi connectivity index (χ1v) is 15.7. The molecule has 0 spiro atoms. The second-order valence-electron chi connectivity index (χ2n) is 11.4. The Morgan fingerprint density at radius 3 is 2.07 bits per heavy atom. The molecular weight excluding hydrogens is 555 g/mol. The number of thiophene rings is 1. The van der Waals surface area contributed by atoms with Crippen LogP contribution in [0.15, 0.2) is 140 Å². The van der Waals surface area contributed by atoms with Gasteiger partial charge in [0.1, 0.15) is 5.69 Å². The molecule has 7 aromatic carbocycles. The molecule has 3 heterocycles. The summed E-state index contributed by atoms with van der Waals surface area (Å²) >= 11 is 1.83. The van der Waals surface area contributed by atoms with Gasteiger partial charge in [-0.25, -0.2) is 9.97 Å². The third-order valence-corrected chi connectivity index (χ3v) is 10.1. The molecule has 0 fully saturated rings. The smallest absolute Gasteiger partial charge is 0.165 e. The molecular formula is C40H23N3S. The summed E-state index contributed by atoms with van der Waals surface area (Å²) in [6.45, 7) is 0. The Hall–Kier alpha value is -5.58. The van der Waals surface area contributed by atoms with Gasteiger partial charge in [-0.1, -0.05) is 97.1 Å². The lowest BCUT2D eigenvalue weighted by molar-refractivity contribution is 1.18. The number of benzene rings is 7.